The van der Waals surface area contributed by atoms with Crippen molar-refractivity contribution in [1.29, 1.82) is 5.41 Å². The van der Waals surface area contributed by atoms with Crippen molar-refractivity contribution in [1.82, 2.24) is 14.7 Å². The van der Waals surface area contributed by atoms with E-state index in [1.807, 2.05) is 17.0 Å². The van der Waals surface area contributed by atoms with Gasteiger partial charge in [0, 0.05) is 81.8 Å². The second-order valence-corrected chi connectivity index (χ2v) is 15.2. The second kappa shape index (κ2) is 16.2. The first kappa shape index (κ1) is 38.7. The Morgan fingerprint density at radius 1 is 0.857 bits per heavy atom. The van der Waals surface area contributed by atoms with Crippen molar-refractivity contribution in [2.24, 2.45) is 11.5 Å². The summed E-state index contributed by atoms with van der Waals surface area (Å²) >= 11 is 0. The molecular formula is C42H51FN9O4+. The smallest absolute Gasteiger partial charge is 0.262 e. The summed E-state index contributed by atoms with van der Waals surface area (Å²) in [5.74, 6) is -2.64. The van der Waals surface area contributed by atoms with E-state index in [2.05, 4.69) is 26.8 Å². The number of piperazine rings is 2. The lowest BCUT2D eigenvalue weighted by Crippen LogP contribution is -2.54. The third-order valence-electron chi connectivity index (χ3n) is 12.0. The highest BCUT2D eigenvalue weighted by atomic mass is 19.1. The molecule has 3 aromatic rings. The van der Waals surface area contributed by atoms with E-state index in [1.165, 1.54) is 6.07 Å². The molecule has 0 radical (unpaired) electrons. The van der Waals surface area contributed by atoms with Crippen LogP contribution in [0.2, 0.25) is 0 Å². The first-order valence-corrected chi connectivity index (χ1v) is 19.5. The van der Waals surface area contributed by atoms with E-state index in [9.17, 15) is 19.5 Å². The number of aromatic hydroxyl groups is 1. The zero-order chi connectivity index (χ0) is 39.7. The predicted octanol–water partition coefficient (Wildman–Crippen LogP) is 2.21. The number of para-hydroxylation sites is 1. The average molecular weight is 765 g/mol. The number of halogens is 1. The number of amidine groups is 1. The van der Waals surface area contributed by atoms with Crippen LogP contribution in [0, 0.1) is 11.2 Å². The van der Waals surface area contributed by atoms with Crippen LogP contribution in [0.1, 0.15) is 70.9 Å². The van der Waals surface area contributed by atoms with Gasteiger partial charge in [0.05, 0.1) is 22.4 Å². The number of primary amides is 1. The van der Waals surface area contributed by atoms with Crippen LogP contribution < -0.4 is 26.7 Å². The number of benzene rings is 3. The van der Waals surface area contributed by atoms with E-state index < -0.39 is 29.6 Å². The van der Waals surface area contributed by atoms with Gasteiger partial charge in [0.15, 0.2) is 0 Å². The molecule has 3 heterocycles. The summed E-state index contributed by atoms with van der Waals surface area (Å²) < 4.78 is 15.4. The van der Waals surface area contributed by atoms with E-state index in [0.29, 0.717) is 47.7 Å². The first-order valence-electron chi connectivity index (χ1n) is 19.5. The minimum absolute atomic E-state index is 0.0250. The largest absolute Gasteiger partial charge is 0.507 e. The van der Waals surface area contributed by atoms with Gasteiger partial charge in [0.25, 0.3) is 11.8 Å². The summed E-state index contributed by atoms with van der Waals surface area (Å²) in [6, 6.07) is 17.4. The van der Waals surface area contributed by atoms with Crippen molar-refractivity contribution in [2.45, 2.75) is 57.2 Å². The molecule has 56 heavy (non-hydrogen) atoms. The molecular weight excluding hydrogens is 714 g/mol. The van der Waals surface area contributed by atoms with Gasteiger partial charge in [-0.05, 0) is 74.1 Å². The van der Waals surface area contributed by atoms with Crippen molar-refractivity contribution >= 4 is 46.2 Å². The van der Waals surface area contributed by atoms with Gasteiger partial charge in [0.1, 0.15) is 23.4 Å². The third kappa shape index (κ3) is 7.63. The van der Waals surface area contributed by atoms with E-state index in [1.54, 1.807) is 37.3 Å². The normalized spacial score (nSPS) is 21.6. The van der Waals surface area contributed by atoms with Crippen LogP contribution in [-0.4, -0.2) is 120 Å². The quantitative estimate of drug-likeness (QED) is 0.111. The Hall–Kier alpha value is -5.60. The van der Waals surface area contributed by atoms with Gasteiger partial charge in [-0.25, -0.2) is 4.39 Å². The fourth-order valence-corrected chi connectivity index (χ4v) is 8.89. The maximum atomic E-state index is 15.4. The summed E-state index contributed by atoms with van der Waals surface area (Å²) in [7, 11) is 0. The molecule has 1 aliphatic carbocycles. The van der Waals surface area contributed by atoms with E-state index in [0.717, 1.165) is 87.2 Å². The lowest BCUT2D eigenvalue weighted by atomic mass is 9.88. The number of carbonyl (C=O) groups excluding carboxylic acids is 3. The first-order chi connectivity index (χ1) is 26.9. The van der Waals surface area contributed by atoms with Crippen LogP contribution in [0.25, 0.3) is 5.57 Å². The summed E-state index contributed by atoms with van der Waals surface area (Å²) in [5.41, 5.74) is 15.0. The molecule has 1 saturated carbocycles. The molecule has 8 N–H and O–H groups in total. The number of carbonyl (C=O) groups is 3. The van der Waals surface area contributed by atoms with Crippen LogP contribution >= 0.6 is 0 Å². The number of allylic oxidation sites excluding steroid dienone is 1. The lowest BCUT2D eigenvalue weighted by Gasteiger charge is -2.46. The van der Waals surface area contributed by atoms with E-state index in [4.69, 9.17) is 22.3 Å². The fourth-order valence-electron chi connectivity index (χ4n) is 8.89. The molecule has 2 saturated heterocycles. The maximum Gasteiger partial charge on any atom is 0.262 e. The molecule has 14 heteroatoms. The van der Waals surface area contributed by atoms with Gasteiger partial charge in [0.2, 0.25) is 11.6 Å². The van der Waals surface area contributed by atoms with Crippen LogP contribution in [0.5, 0.6) is 5.75 Å². The highest BCUT2D eigenvalue weighted by molar-refractivity contribution is 6.26. The monoisotopic (exact) mass is 764 g/mol. The van der Waals surface area contributed by atoms with Gasteiger partial charge in [-0.2, -0.15) is 0 Å². The van der Waals surface area contributed by atoms with Crippen molar-refractivity contribution in [3.05, 3.63) is 94.8 Å². The molecule has 1 unspecified atom stereocenters. The van der Waals surface area contributed by atoms with Crippen molar-refractivity contribution < 1.29 is 29.3 Å². The number of hydrogen-bond acceptors (Lipinski definition) is 9. The highest BCUT2D eigenvalue weighted by Gasteiger charge is 2.43. The molecule has 4 aliphatic rings. The predicted molar refractivity (Wildman–Crippen MR) is 214 cm³/mol. The molecule has 0 bridgehead atoms. The Morgan fingerprint density at radius 3 is 1.91 bits per heavy atom. The van der Waals surface area contributed by atoms with Gasteiger partial charge in [-0.3, -0.25) is 39.9 Å². The Labute approximate surface area is 326 Å². The molecule has 1 atom stereocenters. The Kier molecular flexibility index (Phi) is 11.2. The van der Waals surface area contributed by atoms with Gasteiger partial charge in [-0.15, -0.1) is 0 Å². The standard InChI is InChI=1S/C42H50FN9O4/c1-2-36(40(47)54)52-41(55)32-23-34(43)37(25-33(32)42(52)56)51-21-19-50(20-22-51)29-13-11-28(12-14-29)49-17-15-48(16-18-49)27-9-7-26(8-10-27)31(39(45)46)24-35(44)30-5-3-4-6-38(30)53/h3-10,23-25,28-29,36,44,53H,2,11-22H2,1H3,(H3,45,46)(H2,47,54)/p+1/b31-24-,44-35?. The zero-order valence-electron chi connectivity index (χ0n) is 31.8. The van der Waals surface area contributed by atoms with E-state index in [-0.39, 0.29) is 29.1 Å². The molecule has 7 rings (SSSR count). The topological polar surface area (TPSA) is 189 Å². The molecule has 3 aliphatic heterocycles. The Bertz CT molecular complexity index is 2050. The number of hydrogen-bond donors (Lipinski definition) is 5. The number of phenols is 1. The van der Waals surface area contributed by atoms with E-state index >= 15 is 4.39 Å². The summed E-state index contributed by atoms with van der Waals surface area (Å²) in [6.45, 7) is 8.29. The summed E-state index contributed by atoms with van der Waals surface area (Å²) in [4.78, 5) is 48.4. The summed E-state index contributed by atoms with van der Waals surface area (Å²) in [6.07, 6.45) is 6.33. The molecule has 0 spiro atoms. The number of anilines is 2. The van der Waals surface area contributed by atoms with Crippen molar-refractivity contribution in [3.8, 4) is 5.75 Å². The van der Waals surface area contributed by atoms with Crippen LogP contribution in [0.4, 0.5) is 15.8 Å². The third-order valence-corrected chi connectivity index (χ3v) is 12.0. The number of phenolic OH excluding ortho intramolecular Hbond substituents is 1. The minimum atomic E-state index is -1.07. The number of amides is 3. The van der Waals surface area contributed by atoms with Gasteiger partial charge in [-0.1, -0.05) is 31.2 Å². The Balaban J connectivity index is 0.884. The maximum absolute atomic E-state index is 15.4. The number of imide groups is 1. The fraction of sp³-hybridized carbons (Fsp3) is 0.405. The van der Waals surface area contributed by atoms with Gasteiger partial charge >= 0.3 is 0 Å². The van der Waals surface area contributed by atoms with Gasteiger partial charge < -0.3 is 26.4 Å². The highest BCUT2D eigenvalue weighted by Crippen LogP contribution is 2.34. The molecule has 13 nitrogen and oxygen atoms in total. The molecule has 3 aromatic carbocycles. The van der Waals surface area contributed by atoms with Crippen molar-refractivity contribution in [2.75, 3.05) is 62.2 Å². The number of nitrogens with zero attached hydrogens (tertiary/aromatic N) is 5. The minimum Gasteiger partial charge on any atom is -0.507 e. The lowest BCUT2D eigenvalue weighted by molar-refractivity contribution is -0.121. The zero-order valence-corrected chi connectivity index (χ0v) is 31.8. The summed E-state index contributed by atoms with van der Waals surface area (Å²) in [5, 5.41) is 24.6. The van der Waals surface area contributed by atoms with Crippen LogP contribution in [0.3, 0.4) is 0 Å². The van der Waals surface area contributed by atoms with Crippen LogP contribution in [-0.2, 0) is 4.79 Å². The SMILES string of the molecule is CCC(C(N)=O)N1C(=O)c2cc(F)c(N3CCN(C4CCC(N5CCN(c6ccc(/C(=C/C(=[NH2+])c7ccccc7O)C(=N)N)cc6)CC5)CC4)CC3)cc2C1=O. The number of nitrogens with two attached hydrogens (primary N) is 3. The van der Waals surface area contributed by atoms with Crippen LogP contribution in [0.15, 0.2) is 66.7 Å². The number of nitrogens with one attached hydrogen (secondary N) is 1. The molecule has 294 valence electrons. The molecule has 3 amide bonds. The molecule has 0 aromatic heterocycles. The number of fused-ring (bicyclic) bond motifs is 1. The average Bonchev–Trinajstić information content (AvgIpc) is 3.44. The number of rotatable bonds is 11. The molecule has 3 fully saturated rings. The second-order valence-electron chi connectivity index (χ2n) is 15.2. The Morgan fingerprint density at radius 2 is 1.39 bits per heavy atom. The van der Waals surface area contributed by atoms with Crippen molar-refractivity contribution in [3.63, 3.8) is 0 Å².